The Kier molecular flexibility index (Phi) is 4.53. The standard InChI is InChI=1S/C9H11ClO4S/c1-5-2-7(15-9(5)10)6(11)3-14-4-8(12)13/h2,6,11H,3-4H2,1H3,(H,12,13). The summed E-state index contributed by atoms with van der Waals surface area (Å²) in [6.45, 7) is 1.39. The molecule has 0 aliphatic rings. The third kappa shape index (κ3) is 3.79. The van der Waals surface area contributed by atoms with Crippen LogP contribution in [0, 0.1) is 6.92 Å². The molecule has 1 aromatic rings. The Morgan fingerprint density at radius 3 is 2.87 bits per heavy atom. The van der Waals surface area contributed by atoms with Crippen molar-refractivity contribution in [3.8, 4) is 0 Å². The first-order valence-corrected chi connectivity index (χ1v) is 5.43. The predicted molar refractivity (Wildman–Crippen MR) is 57.5 cm³/mol. The highest BCUT2D eigenvalue weighted by Gasteiger charge is 2.13. The van der Waals surface area contributed by atoms with Gasteiger partial charge in [-0.3, -0.25) is 0 Å². The Labute approximate surface area is 96.1 Å². The first-order valence-electron chi connectivity index (χ1n) is 4.24. The number of thiophene rings is 1. The molecule has 0 saturated heterocycles. The number of aryl methyl sites for hydroxylation is 1. The van der Waals surface area contributed by atoms with Crippen LogP contribution >= 0.6 is 22.9 Å². The summed E-state index contributed by atoms with van der Waals surface area (Å²) in [5.74, 6) is -1.05. The molecule has 1 heterocycles. The third-order valence-electron chi connectivity index (χ3n) is 1.71. The smallest absolute Gasteiger partial charge is 0.329 e. The van der Waals surface area contributed by atoms with E-state index in [9.17, 15) is 9.90 Å². The van der Waals surface area contributed by atoms with Gasteiger partial charge in [0.05, 0.1) is 10.9 Å². The molecule has 0 aliphatic carbocycles. The van der Waals surface area contributed by atoms with Gasteiger partial charge in [0.1, 0.15) is 12.7 Å². The van der Waals surface area contributed by atoms with Gasteiger partial charge in [-0.05, 0) is 18.6 Å². The Morgan fingerprint density at radius 1 is 1.73 bits per heavy atom. The molecule has 0 fully saturated rings. The topological polar surface area (TPSA) is 66.8 Å². The maximum absolute atomic E-state index is 10.2. The Hall–Kier alpha value is -0.620. The summed E-state index contributed by atoms with van der Waals surface area (Å²) in [4.78, 5) is 10.8. The minimum Gasteiger partial charge on any atom is -0.480 e. The summed E-state index contributed by atoms with van der Waals surface area (Å²) < 4.78 is 5.40. The van der Waals surface area contributed by atoms with E-state index in [2.05, 4.69) is 0 Å². The molecule has 6 heteroatoms. The number of aliphatic carboxylic acids is 1. The van der Waals surface area contributed by atoms with E-state index in [1.165, 1.54) is 11.3 Å². The van der Waals surface area contributed by atoms with Crippen LogP contribution in [0.2, 0.25) is 4.34 Å². The van der Waals surface area contributed by atoms with Crippen molar-refractivity contribution < 1.29 is 19.7 Å². The van der Waals surface area contributed by atoms with Crippen molar-refractivity contribution in [3.63, 3.8) is 0 Å². The van der Waals surface area contributed by atoms with Crippen LogP contribution in [-0.4, -0.2) is 29.4 Å². The van der Waals surface area contributed by atoms with Crippen LogP contribution in [-0.2, 0) is 9.53 Å². The third-order valence-corrected chi connectivity index (χ3v) is 3.36. The van der Waals surface area contributed by atoms with E-state index >= 15 is 0 Å². The number of carboxylic acids is 1. The highest BCUT2D eigenvalue weighted by molar-refractivity contribution is 7.16. The van der Waals surface area contributed by atoms with Gasteiger partial charge in [-0.2, -0.15) is 0 Å². The van der Waals surface area contributed by atoms with Crippen LogP contribution in [0.1, 0.15) is 16.5 Å². The monoisotopic (exact) mass is 250 g/mol. The molecule has 0 aliphatic heterocycles. The Bertz CT molecular complexity index is 330. The van der Waals surface area contributed by atoms with Gasteiger partial charge in [0.15, 0.2) is 0 Å². The van der Waals surface area contributed by atoms with Crippen LogP contribution < -0.4 is 0 Å². The minimum absolute atomic E-state index is 0.0391. The SMILES string of the molecule is Cc1cc(C(O)COCC(=O)O)sc1Cl. The second kappa shape index (κ2) is 5.46. The van der Waals surface area contributed by atoms with Crippen molar-refractivity contribution in [2.24, 2.45) is 0 Å². The van der Waals surface area contributed by atoms with Crippen LogP contribution in [0.25, 0.3) is 0 Å². The van der Waals surface area contributed by atoms with Gasteiger partial charge >= 0.3 is 5.97 Å². The summed E-state index contributed by atoms with van der Waals surface area (Å²) in [5, 5.41) is 17.9. The quantitative estimate of drug-likeness (QED) is 0.837. The van der Waals surface area contributed by atoms with Gasteiger partial charge in [0.25, 0.3) is 0 Å². The van der Waals surface area contributed by atoms with E-state index in [4.69, 9.17) is 21.4 Å². The lowest BCUT2D eigenvalue weighted by molar-refractivity contribution is -0.143. The number of carbonyl (C=O) groups is 1. The zero-order valence-corrected chi connectivity index (χ0v) is 9.64. The molecular formula is C9H11ClO4S. The Morgan fingerprint density at radius 2 is 2.40 bits per heavy atom. The van der Waals surface area contributed by atoms with E-state index in [1.807, 2.05) is 6.92 Å². The van der Waals surface area contributed by atoms with Crippen molar-refractivity contribution in [2.75, 3.05) is 13.2 Å². The fraction of sp³-hybridized carbons (Fsp3) is 0.444. The van der Waals surface area contributed by atoms with Gasteiger partial charge in [-0.1, -0.05) is 11.6 Å². The summed E-state index contributed by atoms with van der Waals surface area (Å²) in [6.07, 6.45) is -0.819. The van der Waals surface area contributed by atoms with Crippen molar-refractivity contribution in [1.29, 1.82) is 0 Å². The van der Waals surface area contributed by atoms with Gasteiger partial charge in [0, 0.05) is 4.88 Å². The van der Waals surface area contributed by atoms with E-state index in [0.717, 1.165) is 5.56 Å². The maximum Gasteiger partial charge on any atom is 0.329 e. The molecule has 0 spiro atoms. The van der Waals surface area contributed by atoms with E-state index in [-0.39, 0.29) is 6.61 Å². The molecule has 1 rings (SSSR count). The second-order valence-electron chi connectivity index (χ2n) is 3.03. The zero-order chi connectivity index (χ0) is 11.4. The van der Waals surface area contributed by atoms with Crippen LogP contribution in [0.5, 0.6) is 0 Å². The number of ether oxygens (including phenoxy) is 1. The maximum atomic E-state index is 10.2. The number of aliphatic hydroxyl groups is 1. The largest absolute Gasteiger partial charge is 0.480 e. The summed E-state index contributed by atoms with van der Waals surface area (Å²) in [7, 11) is 0. The molecular weight excluding hydrogens is 240 g/mol. The van der Waals surface area contributed by atoms with Gasteiger partial charge in [-0.25, -0.2) is 4.79 Å². The van der Waals surface area contributed by atoms with E-state index in [0.29, 0.717) is 9.21 Å². The van der Waals surface area contributed by atoms with Crippen LogP contribution in [0.15, 0.2) is 6.07 Å². The van der Waals surface area contributed by atoms with Gasteiger partial charge < -0.3 is 14.9 Å². The summed E-state index contributed by atoms with van der Waals surface area (Å²) >= 11 is 7.10. The second-order valence-corrected chi connectivity index (χ2v) is 4.72. The fourth-order valence-electron chi connectivity index (χ4n) is 0.988. The average Bonchev–Trinajstić information content (AvgIpc) is 2.46. The first kappa shape index (κ1) is 12.4. The molecule has 0 amide bonds. The average molecular weight is 251 g/mol. The Balaban J connectivity index is 2.46. The summed E-state index contributed by atoms with van der Waals surface area (Å²) in [6, 6.07) is 1.77. The molecule has 84 valence electrons. The van der Waals surface area contributed by atoms with E-state index < -0.39 is 18.7 Å². The molecule has 1 aromatic heterocycles. The minimum atomic E-state index is -1.05. The number of aliphatic hydroxyl groups excluding tert-OH is 1. The van der Waals surface area contributed by atoms with E-state index in [1.54, 1.807) is 6.07 Å². The van der Waals surface area contributed by atoms with Crippen molar-refractivity contribution in [2.45, 2.75) is 13.0 Å². The molecule has 15 heavy (non-hydrogen) atoms. The van der Waals surface area contributed by atoms with Crippen LogP contribution in [0.3, 0.4) is 0 Å². The predicted octanol–water partition coefficient (Wildman–Crippen LogP) is 1.84. The molecule has 0 saturated carbocycles. The lowest BCUT2D eigenvalue weighted by Gasteiger charge is -2.07. The van der Waals surface area contributed by atoms with Crippen molar-refractivity contribution in [3.05, 3.63) is 20.8 Å². The highest BCUT2D eigenvalue weighted by Crippen LogP contribution is 2.30. The number of hydrogen-bond acceptors (Lipinski definition) is 4. The molecule has 4 nitrogen and oxygen atoms in total. The van der Waals surface area contributed by atoms with Crippen molar-refractivity contribution >= 4 is 28.9 Å². The highest BCUT2D eigenvalue weighted by atomic mass is 35.5. The zero-order valence-electron chi connectivity index (χ0n) is 8.07. The lowest BCUT2D eigenvalue weighted by Crippen LogP contribution is -2.12. The molecule has 0 bridgehead atoms. The first-order chi connectivity index (χ1) is 7.00. The lowest BCUT2D eigenvalue weighted by atomic mass is 10.2. The summed E-state index contributed by atoms with van der Waals surface area (Å²) in [5.41, 5.74) is 0.897. The molecule has 0 radical (unpaired) electrons. The number of carboxylic acid groups (broad SMARTS) is 1. The molecule has 1 unspecified atom stereocenters. The normalized spacial score (nSPS) is 12.7. The fourth-order valence-corrected chi connectivity index (χ4v) is 2.18. The molecule has 1 atom stereocenters. The molecule has 0 aromatic carbocycles. The van der Waals surface area contributed by atoms with Crippen LogP contribution in [0.4, 0.5) is 0 Å². The number of rotatable bonds is 5. The molecule has 2 N–H and O–H groups in total. The number of hydrogen-bond donors (Lipinski definition) is 2. The van der Waals surface area contributed by atoms with Gasteiger partial charge in [0.2, 0.25) is 0 Å². The number of halogens is 1. The van der Waals surface area contributed by atoms with Crippen molar-refractivity contribution in [1.82, 2.24) is 0 Å². The van der Waals surface area contributed by atoms with Gasteiger partial charge in [-0.15, -0.1) is 11.3 Å².